The molecule has 0 aromatic heterocycles. The second-order valence-electron chi connectivity index (χ2n) is 4.14. The Morgan fingerprint density at radius 1 is 1.05 bits per heavy atom. The van der Waals surface area contributed by atoms with Gasteiger partial charge in [0, 0.05) is 9.26 Å². The van der Waals surface area contributed by atoms with Crippen molar-refractivity contribution in [1.29, 1.82) is 0 Å². The molecule has 2 aromatic carbocycles. The Balaban J connectivity index is 1.84. The van der Waals surface area contributed by atoms with Crippen LogP contribution in [0.25, 0.3) is 0 Å². The zero-order valence-corrected chi connectivity index (χ0v) is 13.0. The lowest BCUT2D eigenvalue weighted by Gasteiger charge is -2.06. The highest BCUT2D eigenvalue weighted by Gasteiger charge is 2.10. The van der Waals surface area contributed by atoms with E-state index >= 15 is 0 Å². The number of esters is 1. The lowest BCUT2D eigenvalue weighted by Crippen LogP contribution is -2.20. The maximum atomic E-state index is 12.7. The molecule has 6 heteroatoms. The molecule has 108 valence electrons. The van der Waals surface area contributed by atoms with Crippen LogP contribution in [0.1, 0.15) is 10.4 Å². The van der Waals surface area contributed by atoms with Crippen molar-refractivity contribution >= 4 is 40.2 Å². The van der Waals surface area contributed by atoms with Crippen molar-refractivity contribution in [2.45, 2.75) is 0 Å². The molecule has 0 heterocycles. The quantitative estimate of drug-likeness (QED) is 0.635. The summed E-state index contributed by atoms with van der Waals surface area (Å²) in [7, 11) is 0. The fraction of sp³-hybridized carbons (Fsp3) is 0.0667. The number of benzene rings is 2. The van der Waals surface area contributed by atoms with Crippen molar-refractivity contribution < 1.29 is 18.7 Å². The molecule has 0 spiro atoms. The lowest BCUT2D eigenvalue weighted by molar-refractivity contribution is -0.119. The predicted octanol–water partition coefficient (Wildman–Crippen LogP) is 3.23. The number of carbonyl (C=O) groups excluding carboxylic acids is 2. The van der Waals surface area contributed by atoms with Gasteiger partial charge in [0.05, 0.1) is 5.56 Å². The van der Waals surface area contributed by atoms with Gasteiger partial charge in [0.25, 0.3) is 5.91 Å². The first-order valence-electron chi connectivity index (χ1n) is 6.03. The van der Waals surface area contributed by atoms with Crippen LogP contribution in [-0.2, 0) is 9.53 Å². The van der Waals surface area contributed by atoms with Crippen LogP contribution in [0.4, 0.5) is 10.1 Å². The van der Waals surface area contributed by atoms with Crippen LogP contribution in [0.15, 0.2) is 48.5 Å². The van der Waals surface area contributed by atoms with E-state index in [2.05, 4.69) is 27.9 Å². The highest BCUT2D eigenvalue weighted by molar-refractivity contribution is 14.1. The number of halogens is 2. The minimum Gasteiger partial charge on any atom is -0.452 e. The Bertz CT molecular complexity index is 641. The van der Waals surface area contributed by atoms with Crippen molar-refractivity contribution in [2.75, 3.05) is 11.9 Å². The summed E-state index contributed by atoms with van der Waals surface area (Å²) >= 11 is 2.12. The molecule has 0 aliphatic rings. The summed E-state index contributed by atoms with van der Waals surface area (Å²) < 4.78 is 18.6. The Labute approximate surface area is 134 Å². The predicted molar refractivity (Wildman–Crippen MR) is 84.5 cm³/mol. The molecule has 1 N–H and O–H groups in total. The third kappa shape index (κ3) is 4.82. The fourth-order valence-electron chi connectivity index (χ4n) is 1.53. The second-order valence-corrected chi connectivity index (χ2v) is 5.38. The van der Waals surface area contributed by atoms with Gasteiger partial charge >= 0.3 is 5.97 Å². The standard InChI is InChI=1S/C15H11FINO3/c16-11-3-7-13(8-4-11)18-14(19)9-21-15(20)10-1-5-12(17)6-2-10/h1-8H,9H2,(H,18,19). The van der Waals surface area contributed by atoms with Crippen molar-refractivity contribution in [3.05, 3.63) is 63.5 Å². The zero-order valence-electron chi connectivity index (χ0n) is 10.8. The summed E-state index contributed by atoms with van der Waals surface area (Å²) in [6, 6.07) is 12.1. The van der Waals surface area contributed by atoms with Gasteiger partial charge in [-0.25, -0.2) is 9.18 Å². The highest BCUT2D eigenvalue weighted by Crippen LogP contribution is 2.09. The molecule has 0 fully saturated rings. The van der Waals surface area contributed by atoms with E-state index in [-0.39, 0.29) is 0 Å². The number of carbonyl (C=O) groups is 2. The van der Waals surface area contributed by atoms with E-state index in [1.165, 1.54) is 24.3 Å². The first-order valence-corrected chi connectivity index (χ1v) is 7.10. The van der Waals surface area contributed by atoms with Gasteiger partial charge < -0.3 is 10.1 Å². The Morgan fingerprint density at radius 3 is 2.29 bits per heavy atom. The minimum atomic E-state index is -0.569. The number of rotatable bonds is 4. The van der Waals surface area contributed by atoms with E-state index in [9.17, 15) is 14.0 Å². The van der Waals surface area contributed by atoms with Gasteiger partial charge in [0.2, 0.25) is 0 Å². The van der Waals surface area contributed by atoms with Crippen molar-refractivity contribution in [2.24, 2.45) is 0 Å². The molecule has 1 amide bonds. The van der Waals surface area contributed by atoms with E-state index in [1.807, 2.05) is 0 Å². The maximum absolute atomic E-state index is 12.7. The largest absolute Gasteiger partial charge is 0.452 e. The third-order valence-electron chi connectivity index (χ3n) is 2.54. The molecule has 0 saturated carbocycles. The van der Waals surface area contributed by atoms with Gasteiger partial charge in [-0.3, -0.25) is 4.79 Å². The van der Waals surface area contributed by atoms with Gasteiger partial charge in [-0.05, 0) is 71.1 Å². The van der Waals surface area contributed by atoms with Crippen LogP contribution in [0.2, 0.25) is 0 Å². The average molecular weight is 399 g/mol. The second kappa shape index (κ2) is 7.16. The van der Waals surface area contributed by atoms with Crippen LogP contribution in [-0.4, -0.2) is 18.5 Å². The Kier molecular flexibility index (Phi) is 5.26. The number of hydrogen-bond donors (Lipinski definition) is 1. The fourth-order valence-corrected chi connectivity index (χ4v) is 1.89. The molecule has 21 heavy (non-hydrogen) atoms. The van der Waals surface area contributed by atoms with E-state index in [0.29, 0.717) is 11.3 Å². The zero-order chi connectivity index (χ0) is 15.2. The third-order valence-corrected chi connectivity index (χ3v) is 3.26. The topological polar surface area (TPSA) is 55.4 Å². The first kappa shape index (κ1) is 15.4. The number of amides is 1. The van der Waals surface area contributed by atoms with Crippen molar-refractivity contribution in [3.8, 4) is 0 Å². The minimum absolute atomic E-state index is 0.380. The molecule has 0 unspecified atom stereocenters. The molecule has 0 radical (unpaired) electrons. The molecule has 0 saturated heterocycles. The summed E-state index contributed by atoms with van der Waals surface area (Å²) in [5.74, 6) is -1.45. The normalized spacial score (nSPS) is 10.0. The van der Waals surface area contributed by atoms with Crippen LogP contribution in [0.3, 0.4) is 0 Å². The molecule has 4 nitrogen and oxygen atoms in total. The Hall–Kier alpha value is -1.96. The molecule has 0 aliphatic heterocycles. The van der Waals surface area contributed by atoms with E-state index in [1.54, 1.807) is 24.3 Å². The van der Waals surface area contributed by atoms with Crippen molar-refractivity contribution in [1.82, 2.24) is 0 Å². The average Bonchev–Trinajstić information content (AvgIpc) is 2.48. The van der Waals surface area contributed by atoms with Gasteiger partial charge in [0.1, 0.15) is 5.82 Å². The molecular weight excluding hydrogens is 388 g/mol. The molecule has 0 bridgehead atoms. The van der Waals surface area contributed by atoms with Gasteiger partial charge in [-0.2, -0.15) is 0 Å². The summed E-state index contributed by atoms with van der Waals surface area (Å²) in [5.41, 5.74) is 0.816. The summed E-state index contributed by atoms with van der Waals surface area (Å²) in [6.45, 7) is -0.401. The Morgan fingerprint density at radius 2 is 1.67 bits per heavy atom. The molecular formula is C15H11FINO3. The van der Waals surface area contributed by atoms with Crippen LogP contribution in [0.5, 0.6) is 0 Å². The van der Waals surface area contributed by atoms with E-state index in [0.717, 1.165) is 3.57 Å². The SMILES string of the molecule is O=C(COC(=O)c1ccc(I)cc1)Nc1ccc(F)cc1. The lowest BCUT2D eigenvalue weighted by atomic mass is 10.2. The molecule has 0 aliphatic carbocycles. The number of hydrogen-bond acceptors (Lipinski definition) is 3. The monoisotopic (exact) mass is 399 g/mol. The first-order chi connectivity index (χ1) is 10.0. The number of ether oxygens (including phenoxy) is 1. The molecule has 2 rings (SSSR count). The van der Waals surface area contributed by atoms with Gasteiger partial charge in [-0.1, -0.05) is 0 Å². The molecule has 0 atom stereocenters. The van der Waals surface area contributed by atoms with Crippen LogP contribution in [0, 0.1) is 9.39 Å². The van der Waals surface area contributed by atoms with E-state index < -0.39 is 24.3 Å². The smallest absolute Gasteiger partial charge is 0.338 e. The van der Waals surface area contributed by atoms with Crippen LogP contribution < -0.4 is 5.32 Å². The van der Waals surface area contributed by atoms with E-state index in [4.69, 9.17) is 4.74 Å². The highest BCUT2D eigenvalue weighted by atomic mass is 127. The molecule has 2 aromatic rings. The number of anilines is 1. The number of nitrogens with one attached hydrogen (secondary N) is 1. The maximum Gasteiger partial charge on any atom is 0.338 e. The van der Waals surface area contributed by atoms with Gasteiger partial charge in [-0.15, -0.1) is 0 Å². The summed E-state index contributed by atoms with van der Waals surface area (Å²) in [4.78, 5) is 23.3. The summed E-state index contributed by atoms with van der Waals surface area (Å²) in [6.07, 6.45) is 0. The van der Waals surface area contributed by atoms with Crippen LogP contribution >= 0.6 is 22.6 Å². The van der Waals surface area contributed by atoms with Gasteiger partial charge in [0.15, 0.2) is 6.61 Å². The summed E-state index contributed by atoms with van der Waals surface area (Å²) in [5, 5.41) is 2.50. The van der Waals surface area contributed by atoms with Crippen molar-refractivity contribution in [3.63, 3.8) is 0 Å².